The van der Waals surface area contributed by atoms with Crippen molar-refractivity contribution in [3.63, 3.8) is 0 Å². The highest BCUT2D eigenvalue weighted by Gasteiger charge is 2.08. The van der Waals surface area contributed by atoms with Crippen LogP contribution >= 0.6 is 0 Å². The molecule has 0 fully saturated rings. The van der Waals surface area contributed by atoms with E-state index in [0.29, 0.717) is 0 Å². The molecule has 0 saturated heterocycles. The largest absolute Gasteiger partial charge is 0.0622 e. The van der Waals surface area contributed by atoms with Gasteiger partial charge in [0.05, 0.1) is 0 Å². The van der Waals surface area contributed by atoms with Gasteiger partial charge >= 0.3 is 0 Å². The molecule has 0 heteroatoms. The second-order valence-electron chi connectivity index (χ2n) is 13.1. The van der Waals surface area contributed by atoms with Gasteiger partial charge < -0.3 is 0 Å². The van der Waals surface area contributed by atoms with Gasteiger partial charge in [-0.1, -0.05) is 181 Å². The number of aryl methyl sites for hydroxylation is 4. The molecule has 10 aromatic rings. The van der Waals surface area contributed by atoms with Crippen molar-refractivity contribution in [3.05, 3.63) is 204 Å². The lowest BCUT2D eigenvalue weighted by atomic mass is 9.92. The summed E-state index contributed by atoms with van der Waals surface area (Å²) in [7, 11) is 0. The molecular weight excluding hydrogens is 601 g/mol. The minimum absolute atomic E-state index is 1.32. The van der Waals surface area contributed by atoms with Crippen molar-refractivity contribution < 1.29 is 0 Å². The van der Waals surface area contributed by atoms with Crippen LogP contribution in [-0.2, 0) is 0 Å². The Labute approximate surface area is 295 Å². The molecular formula is C50H42. The van der Waals surface area contributed by atoms with Crippen LogP contribution in [0, 0.1) is 27.7 Å². The fourth-order valence-electron chi connectivity index (χ4n) is 7.04. The maximum absolute atomic E-state index is 2.26. The first kappa shape index (κ1) is 32.6. The van der Waals surface area contributed by atoms with Gasteiger partial charge in [0.25, 0.3) is 0 Å². The van der Waals surface area contributed by atoms with Gasteiger partial charge in [-0.15, -0.1) is 0 Å². The van der Waals surface area contributed by atoms with E-state index in [0.717, 1.165) is 0 Å². The molecule has 0 aliphatic carbocycles. The van der Waals surface area contributed by atoms with Gasteiger partial charge in [-0.2, -0.15) is 0 Å². The first-order chi connectivity index (χ1) is 24.5. The number of fused-ring (bicyclic) bond motifs is 3. The monoisotopic (exact) mass is 642 g/mol. The van der Waals surface area contributed by atoms with E-state index in [2.05, 4.69) is 191 Å². The van der Waals surface area contributed by atoms with Crippen molar-refractivity contribution in [2.75, 3.05) is 0 Å². The zero-order valence-corrected chi connectivity index (χ0v) is 29.3. The topological polar surface area (TPSA) is 0 Å². The SMILES string of the molecule is Cc1c2ccccc2cc2ccccc12.Cc1ccc2ccc3cccc4ccc1c2c34.Cc1cccc2ccccc12.Cc1ccccc1. The summed E-state index contributed by atoms with van der Waals surface area (Å²) < 4.78 is 0. The minimum Gasteiger partial charge on any atom is -0.0622 e. The molecule has 0 unspecified atom stereocenters. The van der Waals surface area contributed by atoms with Gasteiger partial charge in [0, 0.05) is 0 Å². The molecule has 0 aromatic heterocycles. The van der Waals surface area contributed by atoms with E-state index in [9.17, 15) is 0 Å². The summed E-state index contributed by atoms with van der Waals surface area (Å²) in [5.74, 6) is 0. The molecule has 0 spiro atoms. The Hall–Kier alpha value is -5.98. The lowest BCUT2D eigenvalue weighted by molar-refractivity contribution is 1.48. The summed E-state index contributed by atoms with van der Waals surface area (Å²) in [6.45, 7) is 8.61. The van der Waals surface area contributed by atoms with Crippen LogP contribution in [0.5, 0.6) is 0 Å². The third kappa shape index (κ3) is 6.79. The van der Waals surface area contributed by atoms with Crippen LogP contribution in [0.4, 0.5) is 0 Å². The van der Waals surface area contributed by atoms with Crippen LogP contribution in [0.1, 0.15) is 22.3 Å². The number of rotatable bonds is 0. The lowest BCUT2D eigenvalue weighted by Crippen LogP contribution is -1.85. The summed E-state index contributed by atoms with van der Waals surface area (Å²) >= 11 is 0. The van der Waals surface area contributed by atoms with E-state index in [1.54, 1.807) is 0 Å². The Bertz CT molecular complexity index is 2610. The van der Waals surface area contributed by atoms with Gasteiger partial charge in [-0.25, -0.2) is 0 Å². The van der Waals surface area contributed by atoms with Crippen LogP contribution < -0.4 is 0 Å². The Kier molecular flexibility index (Phi) is 9.54. The Morgan fingerprint density at radius 1 is 0.260 bits per heavy atom. The van der Waals surface area contributed by atoms with Gasteiger partial charge in [0.2, 0.25) is 0 Å². The molecule has 0 atom stereocenters. The van der Waals surface area contributed by atoms with Crippen molar-refractivity contribution in [1.82, 2.24) is 0 Å². The quantitative estimate of drug-likeness (QED) is 0.114. The molecule has 0 amide bonds. The van der Waals surface area contributed by atoms with Crippen molar-refractivity contribution in [1.29, 1.82) is 0 Å². The molecule has 0 nitrogen and oxygen atoms in total. The molecule has 0 aliphatic rings. The maximum atomic E-state index is 2.26. The zero-order chi connectivity index (χ0) is 34.5. The zero-order valence-electron chi connectivity index (χ0n) is 29.3. The fourth-order valence-corrected chi connectivity index (χ4v) is 7.04. The van der Waals surface area contributed by atoms with Crippen molar-refractivity contribution in [2.24, 2.45) is 0 Å². The minimum atomic E-state index is 1.32. The highest BCUT2D eigenvalue weighted by molar-refractivity contribution is 6.23. The van der Waals surface area contributed by atoms with Crippen LogP contribution in [0.3, 0.4) is 0 Å². The molecule has 50 heavy (non-hydrogen) atoms. The van der Waals surface area contributed by atoms with Crippen LogP contribution in [0.15, 0.2) is 182 Å². The third-order valence-electron chi connectivity index (χ3n) is 9.74. The van der Waals surface area contributed by atoms with Gasteiger partial charge in [-0.3, -0.25) is 0 Å². The maximum Gasteiger partial charge on any atom is -0.00241 e. The fraction of sp³-hybridized carbons (Fsp3) is 0.0800. The lowest BCUT2D eigenvalue weighted by Gasteiger charge is -2.11. The number of benzene rings is 10. The van der Waals surface area contributed by atoms with E-state index in [-0.39, 0.29) is 0 Å². The highest BCUT2D eigenvalue weighted by Crippen LogP contribution is 2.35. The van der Waals surface area contributed by atoms with E-state index >= 15 is 0 Å². The van der Waals surface area contributed by atoms with Crippen molar-refractivity contribution >= 4 is 64.6 Å². The average Bonchev–Trinajstić information content (AvgIpc) is 3.16. The average molecular weight is 643 g/mol. The van der Waals surface area contributed by atoms with Crippen LogP contribution in [0.25, 0.3) is 64.6 Å². The Balaban J connectivity index is 0.000000109. The molecule has 0 N–H and O–H groups in total. The van der Waals surface area contributed by atoms with Gasteiger partial charge in [0.15, 0.2) is 0 Å². The van der Waals surface area contributed by atoms with Crippen LogP contribution in [0.2, 0.25) is 0 Å². The molecule has 0 radical (unpaired) electrons. The Morgan fingerprint density at radius 2 is 0.700 bits per heavy atom. The summed E-state index contributed by atoms with van der Waals surface area (Å²) in [4.78, 5) is 0. The summed E-state index contributed by atoms with van der Waals surface area (Å²) in [5, 5.41) is 16.3. The standard InChI is InChI=1S/C17H12.C15H12.C11H10.C7H8/c1-11-5-6-14-8-7-12-3-2-4-13-9-10-15(11)17(14)16(12)13;1-11-14-8-4-2-6-12(14)10-13-7-3-5-9-15(11)13;1-9-5-4-7-10-6-2-3-8-11(9)10;1-7-5-3-2-4-6-7/h2-10H,1H3;2-10H,1H3;2-8H,1H3;2-6H,1H3. The smallest absolute Gasteiger partial charge is 0.00241 e. The molecule has 242 valence electrons. The van der Waals surface area contributed by atoms with E-state index < -0.39 is 0 Å². The van der Waals surface area contributed by atoms with Gasteiger partial charge in [0.1, 0.15) is 0 Å². The predicted octanol–water partition coefficient (Wildman–Crippen LogP) is 14.3. The Morgan fingerprint density at radius 3 is 1.30 bits per heavy atom. The van der Waals surface area contributed by atoms with Gasteiger partial charge in [-0.05, 0) is 115 Å². The summed E-state index contributed by atoms with van der Waals surface area (Å²) in [6.07, 6.45) is 0. The molecule has 10 aromatic carbocycles. The molecule has 0 aliphatic heterocycles. The second-order valence-corrected chi connectivity index (χ2v) is 13.1. The number of hydrogen-bond acceptors (Lipinski definition) is 0. The van der Waals surface area contributed by atoms with Crippen molar-refractivity contribution in [2.45, 2.75) is 27.7 Å². The van der Waals surface area contributed by atoms with Crippen LogP contribution in [-0.4, -0.2) is 0 Å². The second kappa shape index (κ2) is 14.6. The summed E-state index contributed by atoms with van der Waals surface area (Å²) in [6, 6.07) is 64.4. The highest BCUT2D eigenvalue weighted by atomic mass is 14.1. The number of hydrogen-bond donors (Lipinski definition) is 0. The first-order valence-electron chi connectivity index (χ1n) is 17.4. The first-order valence-corrected chi connectivity index (χ1v) is 17.4. The third-order valence-corrected chi connectivity index (χ3v) is 9.74. The van der Waals surface area contributed by atoms with E-state index in [1.807, 2.05) is 18.2 Å². The molecule has 0 heterocycles. The molecule has 0 bridgehead atoms. The molecule has 0 saturated carbocycles. The van der Waals surface area contributed by atoms with E-state index in [1.165, 1.54) is 86.9 Å². The van der Waals surface area contributed by atoms with E-state index in [4.69, 9.17) is 0 Å². The summed E-state index contributed by atoms with van der Waals surface area (Å²) in [5.41, 5.74) is 5.41. The molecule has 10 rings (SSSR count). The van der Waals surface area contributed by atoms with Crippen molar-refractivity contribution in [3.8, 4) is 0 Å². The predicted molar refractivity (Wildman–Crippen MR) is 221 cm³/mol. The normalized spacial score (nSPS) is 10.8.